The van der Waals surface area contributed by atoms with E-state index >= 15 is 4.39 Å². The number of alkyl halides is 1. The van der Waals surface area contributed by atoms with Crippen molar-refractivity contribution in [3.8, 4) is 5.88 Å². The summed E-state index contributed by atoms with van der Waals surface area (Å²) in [6, 6.07) is 8.79. The molecule has 2 aromatic rings. The van der Waals surface area contributed by atoms with Crippen molar-refractivity contribution in [1.29, 1.82) is 0 Å². The van der Waals surface area contributed by atoms with Crippen LogP contribution in [-0.4, -0.2) is 54.7 Å². The van der Waals surface area contributed by atoms with E-state index in [4.69, 9.17) is 4.74 Å². The van der Waals surface area contributed by atoms with Crippen molar-refractivity contribution < 1.29 is 22.7 Å². The van der Waals surface area contributed by atoms with E-state index in [1.54, 1.807) is 30.3 Å². The maximum atomic E-state index is 15.2. The van der Waals surface area contributed by atoms with Crippen molar-refractivity contribution in [2.24, 2.45) is 0 Å². The van der Waals surface area contributed by atoms with Crippen molar-refractivity contribution in [2.75, 3.05) is 26.8 Å². The minimum Gasteiger partial charge on any atom is -0.479 e. The summed E-state index contributed by atoms with van der Waals surface area (Å²) in [5.41, 5.74) is -1.38. The Morgan fingerprint density at radius 2 is 2.17 bits per heavy atom. The zero-order valence-corrected chi connectivity index (χ0v) is 14.6. The number of sulfonamides is 1. The number of aliphatic hydroxyl groups excluding tert-OH is 1. The molecule has 1 aliphatic rings. The predicted octanol–water partition coefficient (Wildman–Crippen LogP) is 1.64. The van der Waals surface area contributed by atoms with Crippen LogP contribution in [0.2, 0.25) is 0 Å². The molecule has 2 heterocycles. The summed E-state index contributed by atoms with van der Waals surface area (Å²) >= 11 is 0.955. The minimum absolute atomic E-state index is 0.00313. The number of ether oxygens (including phenoxy) is 1. The number of halogens is 1. The lowest BCUT2D eigenvalue weighted by Gasteiger charge is -2.24. The smallest absolute Gasteiger partial charge is 0.249 e. The summed E-state index contributed by atoms with van der Waals surface area (Å²) in [5.74, 6) is -0.743. The number of rotatable bonds is 5. The van der Waals surface area contributed by atoms with Crippen molar-refractivity contribution >= 4 is 21.6 Å². The molecule has 1 aliphatic heterocycles. The molecule has 24 heavy (non-hydrogen) atoms. The quantitative estimate of drug-likeness (QED) is 0.863. The second kappa shape index (κ2) is 6.40. The Bertz CT molecular complexity index is 812. The molecule has 0 bridgehead atoms. The molecule has 0 spiro atoms. The molecular formula is C15H17FN2O4S2. The van der Waals surface area contributed by atoms with Gasteiger partial charge in [-0.1, -0.05) is 30.3 Å². The molecule has 0 saturated carbocycles. The lowest BCUT2D eigenvalue weighted by atomic mass is 9.87. The normalized spacial score (nSPS) is 25.0. The van der Waals surface area contributed by atoms with Crippen LogP contribution in [0.3, 0.4) is 0 Å². The van der Waals surface area contributed by atoms with Crippen LogP contribution in [0.25, 0.3) is 0 Å². The summed E-state index contributed by atoms with van der Waals surface area (Å²) < 4.78 is 50.7. The molecule has 2 atom stereocenters. The maximum Gasteiger partial charge on any atom is 0.249 e. The van der Waals surface area contributed by atoms with Crippen LogP contribution >= 0.6 is 11.5 Å². The van der Waals surface area contributed by atoms with Crippen LogP contribution < -0.4 is 4.74 Å². The highest BCUT2D eigenvalue weighted by Crippen LogP contribution is 2.42. The fourth-order valence-corrected chi connectivity index (χ4v) is 5.48. The average molecular weight is 372 g/mol. The van der Waals surface area contributed by atoms with Gasteiger partial charge in [-0.05, 0) is 17.1 Å². The van der Waals surface area contributed by atoms with Gasteiger partial charge in [0.05, 0.1) is 20.3 Å². The molecule has 0 aliphatic carbocycles. The SMILES string of the molecule is COc1nscc1S(=O)(=O)N1CC(c2ccccc2)C(F)(CO)C1. The highest BCUT2D eigenvalue weighted by molar-refractivity contribution is 7.89. The summed E-state index contributed by atoms with van der Waals surface area (Å²) in [6.07, 6.45) is 0. The van der Waals surface area contributed by atoms with Gasteiger partial charge in [-0.15, -0.1) is 0 Å². The van der Waals surface area contributed by atoms with Gasteiger partial charge < -0.3 is 9.84 Å². The Hall–Kier alpha value is -1.55. The highest BCUT2D eigenvalue weighted by atomic mass is 32.2. The van der Waals surface area contributed by atoms with Crippen LogP contribution in [0.5, 0.6) is 5.88 Å². The predicted molar refractivity (Wildman–Crippen MR) is 87.5 cm³/mol. The Morgan fingerprint density at radius 3 is 2.79 bits per heavy atom. The first kappa shape index (κ1) is 17.3. The summed E-state index contributed by atoms with van der Waals surface area (Å²) in [4.78, 5) is -0.0796. The molecule has 6 nitrogen and oxygen atoms in total. The molecule has 3 rings (SSSR count). The molecule has 1 fully saturated rings. The van der Waals surface area contributed by atoms with Gasteiger partial charge >= 0.3 is 0 Å². The van der Waals surface area contributed by atoms with Gasteiger partial charge in [0.1, 0.15) is 0 Å². The number of nitrogens with zero attached hydrogens (tertiary/aromatic N) is 2. The van der Waals surface area contributed by atoms with E-state index in [9.17, 15) is 13.5 Å². The van der Waals surface area contributed by atoms with Crippen molar-refractivity contribution in [3.63, 3.8) is 0 Å². The third-order valence-electron chi connectivity index (χ3n) is 4.23. The molecule has 9 heteroatoms. The fraction of sp³-hybridized carbons (Fsp3) is 0.400. The van der Waals surface area contributed by atoms with E-state index in [0.717, 1.165) is 15.8 Å². The summed E-state index contributed by atoms with van der Waals surface area (Å²) in [5, 5.41) is 10.9. The molecule has 1 aromatic heterocycles. The molecule has 1 saturated heterocycles. The van der Waals surface area contributed by atoms with Gasteiger partial charge in [-0.25, -0.2) is 12.8 Å². The third kappa shape index (κ3) is 2.81. The van der Waals surface area contributed by atoms with Crippen LogP contribution in [0, 0.1) is 0 Å². The van der Waals surface area contributed by atoms with E-state index in [1.807, 2.05) is 0 Å². The number of hydrogen-bond donors (Lipinski definition) is 1. The standard InChI is InChI=1S/C15H17FN2O4S2/c1-22-14-13(8-23-17-14)24(20,21)18-7-12(15(16,9-18)10-19)11-5-3-2-4-6-11/h2-6,8,12,19H,7,9-10H2,1H3. The molecule has 130 valence electrons. The van der Waals surface area contributed by atoms with Gasteiger partial charge in [0.15, 0.2) is 10.6 Å². The molecule has 2 unspecified atom stereocenters. The first-order valence-corrected chi connectivity index (χ1v) is 9.53. The summed E-state index contributed by atoms with van der Waals surface area (Å²) in [6.45, 7) is -1.22. The second-order valence-electron chi connectivity index (χ2n) is 5.64. The average Bonchev–Trinajstić information content (AvgIpc) is 3.21. The molecule has 0 amide bonds. The largest absolute Gasteiger partial charge is 0.479 e. The Morgan fingerprint density at radius 1 is 1.46 bits per heavy atom. The Labute approximate surface area is 143 Å². The minimum atomic E-state index is -3.96. The van der Waals surface area contributed by atoms with E-state index in [-0.39, 0.29) is 17.3 Å². The molecule has 0 radical (unpaired) electrons. The third-order valence-corrected chi connectivity index (χ3v) is 6.80. The van der Waals surface area contributed by atoms with Gasteiger partial charge in [0, 0.05) is 17.8 Å². The molecule has 1 N–H and O–H groups in total. The monoisotopic (exact) mass is 372 g/mol. The van der Waals surface area contributed by atoms with Crippen LogP contribution in [0.4, 0.5) is 4.39 Å². The highest BCUT2D eigenvalue weighted by Gasteiger charge is 2.51. The molecule has 1 aromatic carbocycles. The van der Waals surface area contributed by atoms with Gasteiger partial charge in [0.2, 0.25) is 15.9 Å². The van der Waals surface area contributed by atoms with Crippen LogP contribution in [-0.2, 0) is 10.0 Å². The number of aliphatic hydroxyl groups is 1. The van der Waals surface area contributed by atoms with Crippen molar-refractivity contribution in [1.82, 2.24) is 8.68 Å². The maximum absolute atomic E-state index is 15.2. The first-order chi connectivity index (χ1) is 11.4. The lowest BCUT2D eigenvalue weighted by molar-refractivity contribution is 0.0702. The lowest BCUT2D eigenvalue weighted by Crippen LogP contribution is -2.37. The summed E-state index contributed by atoms with van der Waals surface area (Å²) in [7, 11) is -2.62. The number of methoxy groups -OCH3 is 1. The first-order valence-electron chi connectivity index (χ1n) is 7.25. The van der Waals surface area contributed by atoms with Crippen LogP contribution in [0.15, 0.2) is 40.6 Å². The second-order valence-corrected chi connectivity index (χ2v) is 8.18. The van der Waals surface area contributed by atoms with E-state index in [0.29, 0.717) is 5.56 Å². The Kier molecular flexibility index (Phi) is 4.60. The Balaban J connectivity index is 1.97. The van der Waals surface area contributed by atoms with Crippen molar-refractivity contribution in [3.05, 3.63) is 41.3 Å². The van der Waals surface area contributed by atoms with Crippen molar-refractivity contribution in [2.45, 2.75) is 16.5 Å². The number of benzene rings is 1. The molecular weight excluding hydrogens is 355 g/mol. The van der Waals surface area contributed by atoms with E-state index in [2.05, 4.69) is 4.37 Å². The number of aromatic nitrogens is 1. The van der Waals surface area contributed by atoms with Gasteiger partial charge in [-0.3, -0.25) is 0 Å². The topological polar surface area (TPSA) is 79.7 Å². The number of hydrogen-bond acceptors (Lipinski definition) is 6. The van der Waals surface area contributed by atoms with Gasteiger partial charge in [0.25, 0.3) is 0 Å². The zero-order chi connectivity index (χ0) is 17.4. The van der Waals surface area contributed by atoms with Crippen LogP contribution in [0.1, 0.15) is 11.5 Å². The van der Waals surface area contributed by atoms with Gasteiger partial charge in [-0.2, -0.15) is 8.68 Å². The zero-order valence-electron chi connectivity index (χ0n) is 12.9. The van der Waals surface area contributed by atoms with E-state index < -0.39 is 34.8 Å². The fourth-order valence-electron chi connectivity index (χ4n) is 2.93. The van der Waals surface area contributed by atoms with E-state index in [1.165, 1.54) is 12.5 Å².